The molecule has 0 spiro atoms. The largest absolute Gasteiger partial charge is 0.494 e. The van der Waals surface area contributed by atoms with E-state index in [9.17, 15) is 4.79 Å². The minimum absolute atomic E-state index is 0.208. The third-order valence-electron chi connectivity index (χ3n) is 5.67. The van der Waals surface area contributed by atoms with Gasteiger partial charge in [-0.1, -0.05) is 42.5 Å². The molecule has 33 heavy (non-hydrogen) atoms. The van der Waals surface area contributed by atoms with E-state index in [2.05, 4.69) is 11.3 Å². The summed E-state index contributed by atoms with van der Waals surface area (Å²) in [7, 11) is 2.40. The molecule has 0 radical (unpaired) electrons. The Bertz CT molecular complexity index is 777. The van der Waals surface area contributed by atoms with E-state index in [1.54, 1.807) is 0 Å². The number of hydrogen-bond acceptors (Lipinski definition) is 6. The van der Waals surface area contributed by atoms with Crippen LogP contribution in [0.3, 0.4) is 0 Å². The number of rotatable bonds is 11. The van der Waals surface area contributed by atoms with Gasteiger partial charge >= 0.3 is 5.97 Å². The van der Waals surface area contributed by atoms with Crippen molar-refractivity contribution in [3.8, 4) is 0 Å². The second kappa shape index (κ2) is 16.7. The first kappa shape index (κ1) is 28.2. The van der Waals surface area contributed by atoms with Gasteiger partial charge in [0.2, 0.25) is 5.90 Å². The molecular formula is C27H39NO5. The summed E-state index contributed by atoms with van der Waals surface area (Å²) >= 11 is 0. The van der Waals surface area contributed by atoms with Crippen molar-refractivity contribution in [2.45, 2.75) is 45.4 Å². The summed E-state index contributed by atoms with van der Waals surface area (Å²) in [4.78, 5) is 11.3. The minimum Gasteiger partial charge on any atom is -0.494 e. The molecule has 1 aromatic carbocycles. The Kier molecular flexibility index (Phi) is 14.3. The number of esters is 1. The highest BCUT2D eigenvalue weighted by Gasteiger charge is 2.22. The second-order valence-corrected chi connectivity index (χ2v) is 7.94. The highest BCUT2D eigenvalue weighted by molar-refractivity contribution is 5.91. The smallest absolute Gasteiger partial charge is 0.305 e. The van der Waals surface area contributed by atoms with Crippen molar-refractivity contribution >= 4 is 11.9 Å². The highest BCUT2D eigenvalue weighted by atomic mass is 16.5. The Morgan fingerprint density at radius 2 is 1.61 bits per heavy atom. The van der Waals surface area contributed by atoms with Gasteiger partial charge in [-0.05, 0) is 69.1 Å². The third kappa shape index (κ3) is 11.5. The molecule has 1 aliphatic carbocycles. The first-order valence-corrected chi connectivity index (χ1v) is 11.4. The van der Waals surface area contributed by atoms with Gasteiger partial charge in [0.15, 0.2) is 0 Å². The van der Waals surface area contributed by atoms with E-state index in [0.717, 1.165) is 43.9 Å². The molecule has 0 unspecified atom stereocenters. The van der Waals surface area contributed by atoms with Gasteiger partial charge < -0.3 is 19.3 Å². The molecule has 1 aliphatic rings. The second-order valence-electron chi connectivity index (χ2n) is 7.94. The predicted molar refractivity (Wildman–Crippen MR) is 132 cm³/mol. The number of hydrogen-bond donors (Lipinski definition) is 2. The first-order chi connectivity index (χ1) is 16.0. The minimum atomic E-state index is -0.208. The fourth-order valence-corrected chi connectivity index (χ4v) is 3.58. The fraction of sp³-hybridized carbons (Fsp3) is 0.481. The van der Waals surface area contributed by atoms with E-state index >= 15 is 0 Å². The summed E-state index contributed by atoms with van der Waals surface area (Å²) in [6, 6.07) is 9.58. The van der Waals surface area contributed by atoms with Crippen molar-refractivity contribution in [1.29, 1.82) is 5.41 Å². The molecule has 0 aromatic heterocycles. The lowest BCUT2D eigenvalue weighted by molar-refractivity contribution is -0.140. The van der Waals surface area contributed by atoms with Crippen LogP contribution < -0.4 is 0 Å². The molecule has 6 heteroatoms. The number of benzene rings is 1. The van der Waals surface area contributed by atoms with Crippen LogP contribution in [0.1, 0.15) is 51.0 Å². The molecule has 182 valence electrons. The maximum atomic E-state index is 11.3. The van der Waals surface area contributed by atoms with Crippen LogP contribution in [0, 0.1) is 17.2 Å². The summed E-state index contributed by atoms with van der Waals surface area (Å²) in [5.74, 6) is 1.70. The zero-order chi connectivity index (χ0) is 24.5. The third-order valence-corrected chi connectivity index (χ3v) is 5.67. The zero-order valence-electron chi connectivity index (χ0n) is 20.2. The van der Waals surface area contributed by atoms with Crippen LogP contribution in [0.15, 0.2) is 66.5 Å². The van der Waals surface area contributed by atoms with Crippen molar-refractivity contribution in [2.75, 3.05) is 27.4 Å². The summed E-state index contributed by atoms with van der Waals surface area (Å²) < 4.78 is 16.2. The van der Waals surface area contributed by atoms with Gasteiger partial charge in [0.05, 0.1) is 20.3 Å². The Balaban J connectivity index is 0.00000265. The standard InChI is InChI=1S/C26H35NO4.CH4O/c1-4-21(16-17-25(28)29-3)11-10-20(2)30-18-22-12-14-23(15-13-22)19-31-26(27)24-8-6-5-7-9-24;1-2/h4-11,22-23,27H,2,12-19H2,1,3H3;2H,1H3/b11-10-,21-4+,27-26?;. The Morgan fingerprint density at radius 1 is 1.03 bits per heavy atom. The molecule has 0 heterocycles. The molecule has 2 rings (SSSR count). The number of carbonyl (C=O) groups excluding carboxylic acids is 1. The van der Waals surface area contributed by atoms with Gasteiger partial charge in [-0.3, -0.25) is 10.2 Å². The summed E-state index contributed by atoms with van der Waals surface area (Å²) in [5, 5.41) is 15.1. The molecule has 1 saturated carbocycles. The van der Waals surface area contributed by atoms with Crippen molar-refractivity contribution < 1.29 is 24.1 Å². The summed E-state index contributed by atoms with van der Waals surface area (Å²) in [6.07, 6.45) is 11.2. The topological polar surface area (TPSA) is 88.8 Å². The molecule has 0 bridgehead atoms. The van der Waals surface area contributed by atoms with Crippen LogP contribution >= 0.6 is 0 Å². The first-order valence-electron chi connectivity index (χ1n) is 11.4. The average Bonchev–Trinajstić information content (AvgIpc) is 2.88. The molecule has 1 fully saturated rings. The molecule has 2 N–H and O–H groups in total. The number of allylic oxidation sites excluding steroid dienone is 4. The number of methoxy groups -OCH3 is 1. The number of nitrogens with one attached hydrogen (secondary N) is 1. The number of carbonyl (C=O) groups is 1. The Hall–Kier alpha value is -2.86. The van der Waals surface area contributed by atoms with Crippen molar-refractivity contribution in [3.05, 3.63) is 72.0 Å². The molecule has 6 nitrogen and oxygen atoms in total. The maximum absolute atomic E-state index is 11.3. The summed E-state index contributed by atoms with van der Waals surface area (Å²) in [5.41, 5.74) is 1.87. The SMILES string of the molecule is C=C(/C=C\C(=C/C)CCC(=O)OC)OCC1CCC(COC(=N)c2ccccc2)CC1.CO. The zero-order valence-corrected chi connectivity index (χ0v) is 20.2. The van der Waals surface area contributed by atoms with E-state index in [4.69, 9.17) is 20.0 Å². The van der Waals surface area contributed by atoms with E-state index < -0.39 is 0 Å². The maximum Gasteiger partial charge on any atom is 0.305 e. The lowest BCUT2D eigenvalue weighted by Crippen LogP contribution is -2.22. The van der Waals surface area contributed by atoms with Crippen LogP contribution in [0.4, 0.5) is 0 Å². The van der Waals surface area contributed by atoms with E-state index in [-0.39, 0.29) is 11.9 Å². The van der Waals surface area contributed by atoms with E-state index in [1.807, 2.05) is 55.5 Å². The van der Waals surface area contributed by atoms with Crippen molar-refractivity contribution in [2.24, 2.45) is 11.8 Å². The molecule has 1 aromatic rings. The van der Waals surface area contributed by atoms with Crippen LogP contribution in [0.2, 0.25) is 0 Å². The van der Waals surface area contributed by atoms with Gasteiger partial charge in [-0.2, -0.15) is 0 Å². The monoisotopic (exact) mass is 457 g/mol. The van der Waals surface area contributed by atoms with Gasteiger partial charge in [-0.25, -0.2) is 0 Å². The lowest BCUT2D eigenvalue weighted by atomic mass is 9.83. The van der Waals surface area contributed by atoms with Crippen LogP contribution in [0.25, 0.3) is 0 Å². The van der Waals surface area contributed by atoms with Crippen LogP contribution in [0.5, 0.6) is 0 Å². The Labute approximate surface area is 198 Å². The number of aliphatic hydroxyl groups excluding tert-OH is 1. The Morgan fingerprint density at radius 3 is 2.15 bits per heavy atom. The van der Waals surface area contributed by atoms with E-state index in [0.29, 0.717) is 43.7 Å². The van der Waals surface area contributed by atoms with Gasteiger partial charge in [-0.15, -0.1) is 0 Å². The molecule has 0 saturated heterocycles. The summed E-state index contributed by atoms with van der Waals surface area (Å²) in [6.45, 7) is 7.20. The van der Waals surface area contributed by atoms with Crippen LogP contribution in [-0.2, 0) is 19.0 Å². The van der Waals surface area contributed by atoms with Crippen molar-refractivity contribution in [3.63, 3.8) is 0 Å². The van der Waals surface area contributed by atoms with Crippen LogP contribution in [-0.4, -0.2) is 44.4 Å². The number of ether oxygens (including phenoxy) is 3. The number of aliphatic hydroxyl groups is 1. The van der Waals surface area contributed by atoms with E-state index in [1.165, 1.54) is 7.11 Å². The van der Waals surface area contributed by atoms with Crippen molar-refractivity contribution in [1.82, 2.24) is 0 Å². The average molecular weight is 458 g/mol. The predicted octanol–water partition coefficient (Wildman–Crippen LogP) is 5.43. The van der Waals surface area contributed by atoms with Gasteiger partial charge in [0, 0.05) is 19.1 Å². The van der Waals surface area contributed by atoms with Gasteiger partial charge in [0.1, 0.15) is 5.76 Å². The molecule has 0 atom stereocenters. The molecule has 0 amide bonds. The normalized spacial score (nSPS) is 18.1. The highest BCUT2D eigenvalue weighted by Crippen LogP contribution is 2.29. The molecule has 0 aliphatic heterocycles. The fourth-order valence-electron chi connectivity index (χ4n) is 3.58. The molecular weight excluding hydrogens is 418 g/mol. The lowest BCUT2D eigenvalue weighted by Gasteiger charge is -2.28. The van der Waals surface area contributed by atoms with Gasteiger partial charge in [0.25, 0.3) is 0 Å². The quantitative estimate of drug-likeness (QED) is 0.152.